The molecule has 0 aromatic heterocycles. The van der Waals surface area contributed by atoms with Crippen LogP contribution in [0.1, 0.15) is 9.67 Å². The average Bonchev–Trinajstić information content (AvgIpc) is 2.18. The zero-order valence-corrected chi connectivity index (χ0v) is 9.36. The Hall–Kier alpha value is -0.740. The molecule has 1 aromatic rings. The molecule has 0 saturated heterocycles. The highest BCUT2D eigenvalue weighted by molar-refractivity contribution is 7.91. The summed E-state index contributed by atoms with van der Waals surface area (Å²) >= 11 is 0. The molecule has 0 aliphatic heterocycles. The van der Waals surface area contributed by atoms with Crippen LogP contribution in [0.2, 0.25) is 0 Å². The van der Waals surface area contributed by atoms with Crippen LogP contribution >= 0.6 is 12.4 Å². The lowest BCUT2D eigenvalue weighted by atomic mass is 10.3. The van der Waals surface area contributed by atoms with Crippen LogP contribution in [0.25, 0.3) is 0 Å². The largest absolute Gasteiger partial charge is 0.388 e. The van der Waals surface area contributed by atoms with E-state index < -0.39 is 16.8 Å². The summed E-state index contributed by atoms with van der Waals surface area (Å²) in [5.41, 5.74) is 0.569. The lowest BCUT2D eigenvalue weighted by Crippen LogP contribution is -2.03. The molecule has 1 aromatic carbocycles. The highest BCUT2D eigenvalue weighted by Gasteiger charge is 2.09. The van der Waals surface area contributed by atoms with Crippen molar-refractivity contribution in [2.24, 2.45) is 0 Å². The van der Waals surface area contributed by atoms with E-state index in [1.807, 2.05) is 0 Å². The summed E-state index contributed by atoms with van der Waals surface area (Å²) in [5.74, 6) is 0.0687. The summed E-state index contributed by atoms with van der Waals surface area (Å²) in [7, 11) is -3.16. The monoisotopic (exact) mass is 237 g/mol. The van der Waals surface area contributed by atoms with Gasteiger partial charge in [0.15, 0.2) is 9.84 Å². The fourth-order valence-electron chi connectivity index (χ4n) is 0.925. The maximum Gasteiger partial charge on any atom is 0.178 e. The van der Waals surface area contributed by atoms with Gasteiger partial charge in [-0.2, -0.15) is 0 Å². The maximum absolute atomic E-state index is 11.4. The van der Waals surface area contributed by atoms with Crippen molar-refractivity contribution in [3.8, 4) is 0 Å². The molecule has 0 fully saturated rings. The van der Waals surface area contributed by atoms with Crippen LogP contribution in [0.3, 0.4) is 0 Å². The first kappa shape index (κ1) is 9.80. The molecule has 80 valence electrons. The molecule has 0 bridgehead atoms. The fraction of sp³-hybridized carbons (Fsp3) is 0.333. The van der Waals surface area contributed by atoms with Crippen molar-refractivity contribution in [2.75, 3.05) is 18.1 Å². The Labute approximate surface area is 93.7 Å². The van der Waals surface area contributed by atoms with E-state index >= 15 is 0 Å². The van der Waals surface area contributed by atoms with Gasteiger partial charge in [-0.15, -0.1) is 12.4 Å². The van der Waals surface area contributed by atoms with Crippen LogP contribution in [0.4, 0.5) is 5.69 Å². The summed E-state index contributed by atoms with van der Waals surface area (Å²) in [5, 5.41) is 2.54. The number of nitrogens with one attached hydrogen (secondary N) is 1. The van der Waals surface area contributed by atoms with Crippen LogP contribution < -0.4 is 5.32 Å². The van der Waals surface area contributed by atoms with Gasteiger partial charge in [-0.05, 0) is 24.3 Å². The fourth-order valence-corrected chi connectivity index (χ4v) is 1.81. The van der Waals surface area contributed by atoms with Gasteiger partial charge in [0.2, 0.25) is 0 Å². The molecule has 0 aliphatic carbocycles. The molecule has 0 saturated carbocycles. The molecule has 14 heavy (non-hydrogen) atoms. The van der Waals surface area contributed by atoms with Crippen LogP contribution in [0, 0.1) is 0 Å². The number of benzene rings is 1. The predicted octanol–water partition coefficient (Wildman–Crippen LogP) is 1.94. The zero-order chi connectivity index (χ0) is 11.5. The van der Waals surface area contributed by atoms with E-state index in [1.165, 1.54) is 12.1 Å². The third kappa shape index (κ3) is 2.89. The second-order valence-electron chi connectivity index (χ2n) is 2.57. The average molecular weight is 238 g/mol. The quantitative estimate of drug-likeness (QED) is 0.874. The highest BCUT2D eigenvalue weighted by Crippen LogP contribution is 2.14. The van der Waals surface area contributed by atoms with Gasteiger partial charge in [-0.3, -0.25) is 0 Å². The first-order valence-corrected chi connectivity index (χ1v) is 5.55. The van der Waals surface area contributed by atoms with Crippen molar-refractivity contribution in [1.82, 2.24) is 0 Å². The van der Waals surface area contributed by atoms with Gasteiger partial charge < -0.3 is 5.32 Å². The lowest BCUT2D eigenvalue weighted by molar-refractivity contribution is 0.597. The smallest absolute Gasteiger partial charge is 0.178 e. The summed E-state index contributed by atoms with van der Waals surface area (Å²) < 4.78 is 36.8. The molecule has 0 radical (unpaired) electrons. The minimum Gasteiger partial charge on any atom is -0.388 e. The van der Waals surface area contributed by atoms with Crippen LogP contribution in [-0.2, 0) is 9.84 Å². The van der Waals surface area contributed by atoms with Gasteiger partial charge in [0.1, 0.15) is 0 Å². The Morgan fingerprint density at radius 1 is 1.36 bits per heavy atom. The normalized spacial score (nSPS) is 12.7. The van der Waals surface area contributed by atoms with Gasteiger partial charge in [-0.25, -0.2) is 8.42 Å². The summed E-state index contributed by atoms with van der Waals surface area (Å²) in [6.45, 7) is 0.434. The van der Waals surface area contributed by atoms with Crippen molar-refractivity contribution in [3.05, 3.63) is 24.3 Å². The molecule has 0 amide bonds. The van der Waals surface area contributed by atoms with E-state index in [1.54, 1.807) is 19.1 Å². The molecule has 3 nitrogen and oxygen atoms in total. The van der Waals surface area contributed by atoms with Crippen molar-refractivity contribution >= 4 is 27.9 Å². The summed E-state index contributed by atoms with van der Waals surface area (Å²) in [4.78, 5) is 0.266. The van der Waals surface area contributed by atoms with Gasteiger partial charge in [-0.1, -0.05) is 6.92 Å². The van der Waals surface area contributed by atoms with Crippen molar-refractivity contribution in [3.63, 3.8) is 0 Å². The molecule has 1 rings (SSSR count). The number of halogens is 1. The van der Waals surface area contributed by atoms with E-state index in [0.717, 1.165) is 0 Å². The second kappa shape index (κ2) is 5.22. The van der Waals surface area contributed by atoms with Gasteiger partial charge in [0.05, 0.1) is 10.6 Å². The minimum absolute atomic E-state index is 0. The Morgan fingerprint density at radius 3 is 2.36 bits per heavy atom. The number of hydrogen-bond acceptors (Lipinski definition) is 3. The van der Waals surface area contributed by atoms with Crippen molar-refractivity contribution in [1.29, 1.82) is 0 Å². The Balaban J connectivity index is 0.00000225. The third-order valence-electron chi connectivity index (χ3n) is 1.76. The predicted molar refractivity (Wildman–Crippen MR) is 61.0 cm³/mol. The molecule has 5 heteroatoms. The topological polar surface area (TPSA) is 46.2 Å². The molecule has 0 heterocycles. The van der Waals surface area contributed by atoms with E-state index in [4.69, 9.17) is 2.74 Å². The van der Waals surface area contributed by atoms with Crippen LogP contribution in [-0.4, -0.2) is 21.2 Å². The van der Waals surface area contributed by atoms with Crippen LogP contribution in [0.5, 0.6) is 0 Å². The molecule has 0 unspecified atom stereocenters. The van der Waals surface area contributed by atoms with Crippen molar-refractivity contribution in [2.45, 2.75) is 11.8 Å². The molecule has 1 N–H and O–H groups in total. The second-order valence-corrected chi connectivity index (χ2v) is 4.85. The Bertz CT molecular complexity index is 420. The number of anilines is 1. The molecule has 0 spiro atoms. The Kier molecular flexibility index (Phi) is 3.65. The summed E-state index contributed by atoms with van der Waals surface area (Å²) in [6, 6.07) is 6.06. The molecule has 0 aliphatic rings. The first-order valence-electron chi connectivity index (χ1n) is 5.05. The van der Waals surface area contributed by atoms with Gasteiger partial charge >= 0.3 is 0 Å². The van der Waals surface area contributed by atoms with E-state index in [0.29, 0.717) is 5.69 Å². The van der Waals surface area contributed by atoms with Gasteiger partial charge in [0, 0.05) is 15.4 Å². The third-order valence-corrected chi connectivity index (χ3v) is 3.51. The van der Waals surface area contributed by atoms with Crippen LogP contribution in [0.15, 0.2) is 29.2 Å². The van der Waals surface area contributed by atoms with E-state index in [-0.39, 0.29) is 23.1 Å². The van der Waals surface area contributed by atoms with Gasteiger partial charge in [0.25, 0.3) is 0 Å². The number of hydrogen-bond donors (Lipinski definition) is 1. The molecule has 0 atom stereocenters. The zero-order valence-electron chi connectivity index (χ0n) is 9.73. The molecular formula is C9H14ClNO2S. The number of rotatable bonds is 3. The Morgan fingerprint density at radius 2 is 1.93 bits per heavy atom. The van der Waals surface area contributed by atoms with E-state index in [2.05, 4.69) is 5.32 Å². The highest BCUT2D eigenvalue weighted by atomic mass is 35.5. The SMILES string of the molecule is Cl.[2H]C([2H])Nc1ccc(S(=O)(=O)CC)cc1. The molecular weight excluding hydrogens is 222 g/mol. The standard InChI is InChI=1S/C9H13NO2S.ClH/c1-3-13(11,12)9-6-4-8(10-2)5-7-9;/h4-7,10H,3H2,1-2H3;1H/i2D2;. The van der Waals surface area contributed by atoms with Crippen molar-refractivity contribution < 1.29 is 11.2 Å². The maximum atomic E-state index is 11.4. The summed E-state index contributed by atoms with van der Waals surface area (Å²) in [6.07, 6.45) is 0. The number of sulfone groups is 1. The van der Waals surface area contributed by atoms with E-state index in [9.17, 15) is 8.42 Å². The minimum atomic E-state index is -3.16. The lowest BCUT2D eigenvalue weighted by Gasteiger charge is -2.02. The first-order chi connectivity index (χ1) is 6.95.